The number of ketones is 3. The molecular formula is C31H21NO3S. The molecule has 1 fully saturated rings. The number of nitrogens with zero attached hydrogens (tertiary/aromatic N) is 1. The molecule has 3 aliphatic rings. The number of Topliss-reactive ketones (excluding diaryl/α,β-unsaturated/α-hetero) is 3. The molecule has 0 unspecified atom stereocenters. The first-order valence-corrected chi connectivity index (χ1v) is 12.9. The number of fused-ring (bicyclic) bond motifs is 5. The van der Waals surface area contributed by atoms with Crippen LogP contribution in [0, 0.1) is 5.41 Å². The summed E-state index contributed by atoms with van der Waals surface area (Å²) in [4.78, 5) is 45.9. The van der Waals surface area contributed by atoms with Crippen molar-refractivity contribution in [2.24, 2.45) is 5.41 Å². The summed E-state index contributed by atoms with van der Waals surface area (Å²) in [5.74, 6) is -1.11. The van der Waals surface area contributed by atoms with Gasteiger partial charge in [0.15, 0.2) is 17.3 Å². The van der Waals surface area contributed by atoms with Crippen molar-refractivity contribution in [2.75, 3.05) is 4.90 Å². The van der Waals surface area contributed by atoms with E-state index in [2.05, 4.69) is 4.90 Å². The lowest BCUT2D eigenvalue weighted by Crippen LogP contribution is -2.48. The van der Waals surface area contributed by atoms with Crippen molar-refractivity contribution < 1.29 is 14.4 Å². The molecule has 1 aliphatic carbocycles. The van der Waals surface area contributed by atoms with E-state index in [1.165, 1.54) is 11.3 Å². The predicted molar refractivity (Wildman–Crippen MR) is 141 cm³/mol. The van der Waals surface area contributed by atoms with Gasteiger partial charge in [-0.15, -0.1) is 11.3 Å². The Morgan fingerprint density at radius 1 is 0.778 bits per heavy atom. The maximum atomic E-state index is 14.4. The second-order valence-electron chi connectivity index (χ2n) is 9.52. The van der Waals surface area contributed by atoms with Gasteiger partial charge in [-0.05, 0) is 28.6 Å². The highest BCUT2D eigenvalue weighted by Gasteiger charge is 2.71. The molecule has 0 radical (unpaired) electrons. The predicted octanol–water partition coefficient (Wildman–Crippen LogP) is 6.06. The Labute approximate surface area is 212 Å². The minimum Gasteiger partial charge on any atom is -0.352 e. The molecular weight excluding hydrogens is 466 g/mol. The van der Waals surface area contributed by atoms with Crippen LogP contribution in [0.5, 0.6) is 0 Å². The standard InChI is InChI=1S/C31H21NO3S/c33-28(24-15-8-18-36-24)27-26(20-10-2-1-3-11-20)31(29(34)21-12-5-6-13-22(21)30(31)35)25-17-16-19-9-4-7-14-23(19)32(25)27/h1-18,25-27H/t25-,26+,27+/m1/s1. The number of hydrogen-bond donors (Lipinski definition) is 0. The Kier molecular flexibility index (Phi) is 4.54. The van der Waals surface area contributed by atoms with Gasteiger partial charge >= 0.3 is 0 Å². The van der Waals surface area contributed by atoms with Crippen molar-refractivity contribution in [1.29, 1.82) is 0 Å². The fourth-order valence-corrected chi connectivity index (χ4v) is 7.21. The van der Waals surface area contributed by atoms with Gasteiger partial charge in [0.1, 0.15) is 11.5 Å². The fourth-order valence-electron chi connectivity index (χ4n) is 6.52. The zero-order chi connectivity index (χ0) is 24.4. The number of thiophene rings is 1. The molecule has 0 bridgehead atoms. The van der Waals surface area contributed by atoms with Crippen LogP contribution in [0.1, 0.15) is 47.4 Å². The summed E-state index contributed by atoms with van der Waals surface area (Å²) in [6.07, 6.45) is 3.95. The third-order valence-corrected chi connectivity index (χ3v) is 8.79. The Balaban J connectivity index is 1.56. The zero-order valence-electron chi connectivity index (χ0n) is 19.2. The molecule has 7 rings (SSSR count). The third kappa shape index (κ3) is 2.61. The van der Waals surface area contributed by atoms with Crippen LogP contribution >= 0.6 is 11.3 Å². The van der Waals surface area contributed by atoms with E-state index in [1.54, 1.807) is 24.3 Å². The van der Waals surface area contributed by atoms with Crippen molar-refractivity contribution in [3.8, 4) is 0 Å². The molecule has 1 spiro atoms. The Bertz CT molecular complexity index is 1540. The summed E-state index contributed by atoms with van der Waals surface area (Å²) in [7, 11) is 0. The van der Waals surface area contributed by atoms with Crippen molar-refractivity contribution in [2.45, 2.75) is 18.0 Å². The van der Waals surface area contributed by atoms with E-state index in [4.69, 9.17) is 0 Å². The number of para-hydroxylation sites is 1. The first-order chi connectivity index (χ1) is 17.6. The molecule has 4 aromatic rings. The largest absolute Gasteiger partial charge is 0.352 e. The molecule has 3 heterocycles. The van der Waals surface area contributed by atoms with Gasteiger partial charge in [-0.3, -0.25) is 14.4 Å². The minimum atomic E-state index is -1.44. The number of rotatable bonds is 3. The summed E-state index contributed by atoms with van der Waals surface area (Å²) in [5, 5.41) is 1.89. The highest BCUT2D eigenvalue weighted by Crippen LogP contribution is 2.60. The highest BCUT2D eigenvalue weighted by atomic mass is 32.1. The van der Waals surface area contributed by atoms with E-state index in [0.717, 1.165) is 16.8 Å². The molecule has 0 N–H and O–H groups in total. The topological polar surface area (TPSA) is 54.5 Å². The van der Waals surface area contributed by atoms with Gasteiger partial charge in [0, 0.05) is 22.7 Å². The zero-order valence-corrected chi connectivity index (χ0v) is 20.0. The van der Waals surface area contributed by atoms with Crippen LogP contribution in [0.15, 0.2) is 102 Å². The summed E-state index contributed by atoms with van der Waals surface area (Å²) in [6.45, 7) is 0. The molecule has 36 heavy (non-hydrogen) atoms. The van der Waals surface area contributed by atoms with Crippen molar-refractivity contribution in [3.63, 3.8) is 0 Å². The van der Waals surface area contributed by atoms with Gasteiger partial charge < -0.3 is 4.90 Å². The molecule has 0 amide bonds. The van der Waals surface area contributed by atoms with Crippen molar-refractivity contribution >= 4 is 40.4 Å². The third-order valence-electron chi connectivity index (χ3n) is 7.90. The highest BCUT2D eigenvalue weighted by molar-refractivity contribution is 7.12. The first kappa shape index (κ1) is 21.2. The van der Waals surface area contributed by atoms with Crippen LogP contribution in [-0.2, 0) is 0 Å². The van der Waals surface area contributed by atoms with E-state index in [-0.39, 0.29) is 17.3 Å². The maximum absolute atomic E-state index is 14.4. The average molecular weight is 488 g/mol. The van der Waals surface area contributed by atoms with Crippen molar-refractivity contribution in [3.05, 3.63) is 130 Å². The molecule has 1 saturated heterocycles. The number of anilines is 1. The van der Waals surface area contributed by atoms with E-state index in [0.29, 0.717) is 16.0 Å². The Morgan fingerprint density at radius 3 is 2.14 bits per heavy atom. The molecule has 174 valence electrons. The lowest BCUT2D eigenvalue weighted by molar-refractivity contribution is 0.0666. The normalized spacial score (nSPS) is 23.0. The SMILES string of the molecule is O=C(c1cccs1)[C@@H]1[C@H](c2ccccc2)C2(C(=O)c3ccccc3C2=O)[C@H]2C=Cc3ccccc3N12. The monoisotopic (exact) mass is 487 g/mol. The van der Waals surface area contributed by atoms with Gasteiger partial charge in [0.25, 0.3) is 0 Å². The second kappa shape index (κ2) is 7.70. The number of hydrogen-bond acceptors (Lipinski definition) is 5. The van der Waals surface area contributed by atoms with E-state index in [9.17, 15) is 14.4 Å². The lowest BCUT2D eigenvalue weighted by atomic mass is 9.64. The average Bonchev–Trinajstić information content (AvgIpc) is 3.63. The molecule has 0 saturated carbocycles. The number of benzene rings is 3. The minimum absolute atomic E-state index is 0.0672. The van der Waals surface area contributed by atoms with Crippen LogP contribution in [0.3, 0.4) is 0 Å². The van der Waals surface area contributed by atoms with Crippen molar-refractivity contribution in [1.82, 2.24) is 0 Å². The van der Waals surface area contributed by atoms with Gasteiger partial charge in [-0.25, -0.2) is 0 Å². The summed E-state index contributed by atoms with van der Waals surface area (Å²) < 4.78 is 0. The fraction of sp³-hybridized carbons (Fsp3) is 0.129. The van der Waals surface area contributed by atoms with Gasteiger partial charge in [0.2, 0.25) is 0 Å². The second-order valence-corrected chi connectivity index (χ2v) is 10.5. The first-order valence-electron chi connectivity index (χ1n) is 12.0. The van der Waals surface area contributed by atoms with E-state index >= 15 is 0 Å². The van der Waals surface area contributed by atoms with Gasteiger partial charge in [-0.1, -0.05) is 91.0 Å². The van der Waals surface area contributed by atoms with Gasteiger partial charge in [-0.2, -0.15) is 0 Å². The van der Waals surface area contributed by atoms with Crippen LogP contribution in [0.25, 0.3) is 6.08 Å². The molecule has 1 aromatic heterocycles. The maximum Gasteiger partial charge on any atom is 0.195 e. The molecule has 3 atom stereocenters. The molecule has 4 nitrogen and oxygen atoms in total. The van der Waals surface area contributed by atoms with Crippen LogP contribution in [0.4, 0.5) is 5.69 Å². The van der Waals surface area contributed by atoms with Gasteiger partial charge in [0.05, 0.1) is 10.9 Å². The quantitative estimate of drug-likeness (QED) is 0.260. The Hall–Kier alpha value is -4.09. The van der Waals surface area contributed by atoms with E-state index < -0.39 is 23.4 Å². The lowest BCUT2D eigenvalue weighted by Gasteiger charge is -2.37. The summed E-state index contributed by atoms with van der Waals surface area (Å²) in [6, 6.07) is 27.0. The summed E-state index contributed by atoms with van der Waals surface area (Å²) >= 11 is 1.39. The number of carbonyl (C=O) groups is 3. The van der Waals surface area contributed by atoms with Crippen LogP contribution in [0.2, 0.25) is 0 Å². The molecule has 3 aromatic carbocycles. The molecule has 5 heteroatoms. The molecule has 2 aliphatic heterocycles. The Morgan fingerprint density at radius 2 is 1.44 bits per heavy atom. The summed E-state index contributed by atoms with van der Waals surface area (Å²) in [5.41, 5.74) is 2.11. The van der Waals surface area contributed by atoms with Crippen LogP contribution < -0.4 is 4.90 Å². The van der Waals surface area contributed by atoms with E-state index in [1.807, 2.05) is 84.3 Å². The smallest absolute Gasteiger partial charge is 0.195 e. The number of carbonyl (C=O) groups excluding carboxylic acids is 3. The van der Waals surface area contributed by atoms with Crippen LogP contribution in [-0.4, -0.2) is 29.4 Å².